The first-order valence-electron chi connectivity index (χ1n) is 5.28. The van der Waals surface area contributed by atoms with E-state index in [4.69, 9.17) is 5.11 Å². The second-order valence-electron chi connectivity index (χ2n) is 5.24. The summed E-state index contributed by atoms with van der Waals surface area (Å²) in [5.74, 6) is -1.04. The number of aliphatic hydroxyl groups is 2. The van der Waals surface area contributed by atoms with E-state index in [1.54, 1.807) is 0 Å². The van der Waals surface area contributed by atoms with Gasteiger partial charge in [-0.25, -0.2) is 0 Å². The van der Waals surface area contributed by atoms with Gasteiger partial charge in [0.05, 0.1) is 18.6 Å². The molecule has 0 fully saturated rings. The molecular formula is C11H22O4. The molecule has 0 heterocycles. The van der Waals surface area contributed by atoms with Crippen molar-refractivity contribution in [1.82, 2.24) is 0 Å². The van der Waals surface area contributed by atoms with Crippen LogP contribution in [-0.4, -0.2) is 33.5 Å². The molecule has 0 aromatic heterocycles. The molecule has 0 amide bonds. The van der Waals surface area contributed by atoms with Crippen LogP contribution in [0.25, 0.3) is 0 Å². The second-order valence-corrected chi connectivity index (χ2v) is 5.24. The Morgan fingerprint density at radius 2 is 1.73 bits per heavy atom. The third kappa shape index (κ3) is 9.69. The zero-order valence-corrected chi connectivity index (χ0v) is 9.73. The third-order valence-corrected chi connectivity index (χ3v) is 2.18. The van der Waals surface area contributed by atoms with Gasteiger partial charge >= 0.3 is 5.97 Å². The summed E-state index contributed by atoms with van der Waals surface area (Å²) < 4.78 is 0. The van der Waals surface area contributed by atoms with Crippen molar-refractivity contribution in [1.29, 1.82) is 0 Å². The van der Waals surface area contributed by atoms with Crippen molar-refractivity contribution in [2.45, 2.75) is 58.7 Å². The molecular weight excluding hydrogens is 196 g/mol. The van der Waals surface area contributed by atoms with Crippen LogP contribution in [0.4, 0.5) is 0 Å². The molecule has 0 bridgehead atoms. The molecule has 0 saturated heterocycles. The van der Waals surface area contributed by atoms with Crippen LogP contribution >= 0.6 is 0 Å². The molecule has 0 aromatic carbocycles. The van der Waals surface area contributed by atoms with Crippen LogP contribution in [-0.2, 0) is 4.79 Å². The Morgan fingerprint density at radius 3 is 2.13 bits per heavy atom. The molecule has 3 N–H and O–H groups in total. The number of rotatable bonds is 6. The van der Waals surface area contributed by atoms with E-state index in [1.807, 2.05) is 0 Å². The largest absolute Gasteiger partial charge is 0.481 e. The van der Waals surface area contributed by atoms with Gasteiger partial charge in [-0.1, -0.05) is 20.8 Å². The average Bonchev–Trinajstić information content (AvgIpc) is 1.97. The monoisotopic (exact) mass is 218 g/mol. The van der Waals surface area contributed by atoms with Gasteiger partial charge in [0.25, 0.3) is 0 Å². The van der Waals surface area contributed by atoms with E-state index in [0.29, 0.717) is 6.42 Å². The molecule has 0 rings (SSSR count). The summed E-state index contributed by atoms with van der Waals surface area (Å²) in [6, 6.07) is 0. The molecule has 0 spiro atoms. The smallest absolute Gasteiger partial charge is 0.305 e. The molecule has 0 aliphatic heterocycles. The summed E-state index contributed by atoms with van der Waals surface area (Å²) in [4.78, 5) is 10.3. The van der Waals surface area contributed by atoms with Crippen molar-refractivity contribution >= 4 is 5.97 Å². The molecule has 0 saturated carbocycles. The first-order valence-corrected chi connectivity index (χ1v) is 5.28. The number of carboxylic acids is 1. The molecule has 0 unspecified atom stereocenters. The van der Waals surface area contributed by atoms with Gasteiger partial charge in [0.1, 0.15) is 0 Å². The molecule has 0 aliphatic rings. The lowest BCUT2D eigenvalue weighted by atomic mass is 9.88. The SMILES string of the molecule is CC(C)(C)CC[C@@H](O)C[C@@H](O)CC(=O)O. The third-order valence-electron chi connectivity index (χ3n) is 2.18. The van der Waals surface area contributed by atoms with Gasteiger partial charge in [-0.05, 0) is 24.7 Å². The lowest BCUT2D eigenvalue weighted by molar-refractivity contribution is -0.139. The summed E-state index contributed by atoms with van der Waals surface area (Å²) >= 11 is 0. The fraction of sp³-hybridized carbons (Fsp3) is 0.909. The minimum atomic E-state index is -1.04. The highest BCUT2D eigenvalue weighted by atomic mass is 16.4. The standard InChI is InChI=1S/C11H22O4/c1-11(2,3)5-4-8(12)6-9(13)7-10(14)15/h8-9,12-13H,4-7H2,1-3H3,(H,14,15)/t8-,9-/m1/s1. The fourth-order valence-electron chi connectivity index (χ4n) is 1.32. The molecule has 0 aliphatic carbocycles. The normalized spacial score (nSPS) is 16.1. The van der Waals surface area contributed by atoms with Crippen LogP contribution in [0.15, 0.2) is 0 Å². The maximum atomic E-state index is 10.3. The zero-order chi connectivity index (χ0) is 12.1. The van der Waals surface area contributed by atoms with E-state index in [1.165, 1.54) is 0 Å². The Labute approximate surface area is 90.9 Å². The Hall–Kier alpha value is -0.610. The molecule has 15 heavy (non-hydrogen) atoms. The minimum absolute atomic E-state index is 0.141. The van der Waals surface area contributed by atoms with Crippen LogP contribution in [0, 0.1) is 5.41 Å². The van der Waals surface area contributed by atoms with Crippen LogP contribution in [0.5, 0.6) is 0 Å². The number of aliphatic carboxylic acids is 1. The van der Waals surface area contributed by atoms with E-state index in [2.05, 4.69) is 20.8 Å². The van der Waals surface area contributed by atoms with Crippen LogP contribution < -0.4 is 0 Å². The summed E-state index contributed by atoms with van der Waals surface area (Å²) in [5.41, 5.74) is 0.152. The van der Waals surface area contributed by atoms with Crippen LogP contribution in [0.2, 0.25) is 0 Å². The Kier molecular flexibility index (Phi) is 5.83. The summed E-state index contributed by atoms with van der Waals surface area (Å²) in [6.45, 7) is 6.23. The van der Waals surface area contributed by atoms with Crippen LogP contribution in [0.3, 0.4) is 0 Å². The topological polar surface area (TPSA) is 77.8 Å². The first kappa shape index (κ1) is 14.4. The predicted octanol–water partition coefficient (Wildman–Crippen LogP) is 1.40. The van der Waals surface area contributed by atoms with E-state index >= 15 is 0 Å². The second kappa shape index (κ2) is 6.08. The van der Waals surface area contributed by atoms with Crippen molar-refractivity contribution < 1.29 is 20.1 Å². The molecule has 0 radical (unpaired) electrons. The average molecular weight is 218 g/mol. The van der Waals surface area contributed by atoms with E-state index in [9.17, 15) is 15.0 Å². The van der Waals surface area contributed by atoms with Crippen molar-refractivity contribution in [2.24, 2.45) is 5.41 Å². The van der Waals surface area contributed by atoms with Gasteiger partial charge in [0, 0.05) is 0 Å². The van der Waals surface area contributed by atoms with Gasteiger partial charge in [0.15, 0.2) is 0 Å². The van der Waals surface area contributed by atoms with Gasteiger partial charge in [-0.15, -0.1) is 0 Å². The van der Waals surface area contributed by atoms with Gasteiger partial charge in [-0.2, -0.15) is 0 Å². The van der Waals surface area contributed by atoms with Crippen molar-refractivity contribution in [3.8, 4) is 0 Å². The van der Waals surface area contributed by atoms with Crippen molar-refractivity contribution in [2.75, 3.05) is 0 Å². The van der Waals surface area contributed by atoms with Crippen molar-refractivity contribution in [3.05, 3.63) is 0 Å². The number of hydrogen-bond acceptors (Lipinski definition) is 3. The Bertz CT molecular complexity index is 195. The Balaban J connectivity index is 3.73. The highest BCUT2D eigenvalue weighted by Gasteiger charge is 2.17. The lowest BCUT2D eigenvalue weighted by Gasteiger charge is -2.21. The van der Waals surface area contributed by atoms with Gasteiger partial charge < -0.3 is 15.3 Å². The number of carbonyl (C=O) groups is 1. The zero-order valence-electron chi connectivity index (χ0n) is 9.73. The minimum Gasteiger partial charge on any atom is -0.481 e. The molecule has 4 heteroatoms. The first-order chi connectivity index (χ1) is 6.70. The van der Waals surface area contributed by atoms with Gasteiger partial charge in [-0.3, -0.25) is 4.79 Å². The Morgan fingerprint density at radius 1 is 1.20 bits per heavy atom. The maximum Gasteiger partial charge on any atom is 0.305 e. The summed E-state index contributed by atoms with van der Waals surface area (Å²) in [6.07, 6.45) is -0.264. The number of hydrogen-bond donors (Lipinski definition) is 3. The predicted molar refractivity (Wildman–Crippen MR) is 57.6 cm³/mol. The van der Waals surface area contributed by atoms with Gasteiger partial charge in [0.2, 0.25) is 0 Å². The fourth-order valence-corrected chi connectivity index (χ4v) is 1.32. The van der Waals surface area contributed by atoms with E-state index in [0.717, 1.165) is 6.42 Å². The highest BCUT2D eigenvalue weighted by molar-refractivity contribution is 5.67. The molecule has 4 nitrogen and oxygen atoms in total. The quantitative estimate of drug-likeness (QED) is 0.629. The highest BCUT2D eigenvalue weighted by Crippen LogP contribution is 2.22. The maximum absolute atomic E-state index is 10.3. The molecule has 90 valence electrons. The summed E-state index contributed by atoms with van der Waals surface area (Å²) in [5, 5.41) is 27.2. The van der Waals surface area contributed by atoms with E-state index in [-0.39, 0.29) is 18.3 Å². The number of aliphatic hydroxyl groups excluding tert-OH is 2. The van der Waals surface area contributed by atoms with Crippen molar-refractivity contribution in [3.63, 3.8) is 0 Å². The lowest BCUT2D eigenvalue weighted by Crippen LogP contribution is -2.22. The number of carboxylic acid groups (broad SMARTS) is 1. The molecule has 2 atom stereocenters. The summed E-state index contributed by atoms with van der Waals surface area (Å²) in [7, 11) is 0. The van der Waals surface area contributed by atoms with Crippen LogP contribution in [0.1, 0.15) is 46.5 Å². The van der Waals surface area contributed by atoms with E-state index < -0.39 is 18.2 Å². The molecule has 0 aromatic rings.